The maximum atomic E-state index is 12.6. The highest BCUT2D eigenvalue weighted by atomic mass is 16.6. The molecule has 5 atom stereocenters. The molecule has 8 nitrogen and oxygen atoms in total. The molecule has 0 aromatic heterocycles. The molecule has 0 radical (unpaired) electrons. The molecule has 0 aliphatic carbocycles. The fraction of sp³-hybridized carbons (Fsp3) is 0.474. The molecule has 8 heteroatoms. The molecular weight excluding hydrogens is 356 g/mol. The number of hydrogen-bond acceptors (Lipinski definition) is 8. The van der Waals surface area contributed by atoms with Crippen LogP contribution in [0.25, 0.3) is 0 Å². The van der Waals surface area contributed by atoms with E-state index in [1.165, 1.54) is 25.3 Å². The second-order valence-corrected chi connectivity index (χ2v) is 6.71. The van der Waals surface area contributed by atoms with Crippen molar-refractivity contribution >= 4 is 11.8 Å². The Morgan fingerprint density at radius 3 is 2.67 bits per heavy atom. The molecule has 1 aromatic carbocycles. The second-order valence-electron chi connectivity index (χ2n) is 6.71. The van der Waals surface area contributed by atoms with Gasteiger partial charge < -0.3 is 29.5 Å². The summed E-state index contributed by atoms with van der Waals surface area (Å²) in [6, 6.07) is 2.59. The number of phenolic OH excluding ortho intramolecular Hbond substituents is 1. The molecule has 0 spiro atoms. The smallest absolute Gasteiger partial charge is 0.342 e. The number of carbonyl (C=O) groups excluding carboxylic acids is 2. The van der Waals surface area contributed by atoms with Gasteiger partial charge in [-0.15, -0.1) is 0 Å². The zero-order chi connectivity index (χ0) is 19.7. The van der Waals surface area contributed by atoms with E-state index in [0.29, 0.717) is 6.42 Å². The third-order valence-electron chi connectivity index (χ3n) is 4.64. The molecule has 0 unspecified atom stereocenters. The molecule has 2 heterocycles. The molecule has 0 saturated carbocycles. The van der Waals surface area contributed by atoms with Gasteiger partial charge in [0.1, 0.15) is 35.4 Å². The van der Waals surface area contributed by atoms with Crippen LogP contribution in [0.3, 0.4) is 0 Å². The van der Waals surface area contributed by atoms with Crippen molar-refractivity contribution in [1.82, 2.24) is 0 Å². The summed E-state index contributed by atoms with van der Waals surface area (Å²) in [5.74, 6) is -1.30. The number of esters is 1. The third kappa shape index (κ3) is 4.13. The first-order chi connectivity index (χ1) is 12.8. The Labute approximate surface area is 156 Å². The number of methoxy groups -OCH3 is 1. The second kappa shape index (κ2) is 7.67. The van der Waals surface area contributed by atoms with E-state index in [2.05, 4.69) is 0 Å². The monoisotopic (exact) mass is 378 g/mol. The Hall–Kier alpha value is -2.42. The number of aliphatic hydroxyl groups is 2. The van der Waals surface area contributed by atoms with Gasteiger partial charge in [0.25, 0.3) is 0 Å². The molecule has 2 aliphatic rings. The lowest BCUT2D eigenvalue weighted by Gasteiger charge is -2.22. The number of carbonyl (C=O) groups is 2. The fourth-order valence-corrected chi connectivity index (χ4v) is 3.10. The predicted molar refractivity (Wildman–Crippen MR) is 92.5 cm³/mol. The molecule has 2 aliphatic heterocycles. The van der Waals surface area contributed by atoms with Crippen LogP contribution in [0.4, 0.5) is 0 Å². The molecule has 3 N–H and O–H groups in total. The van der Waals surface area contributed by atoms with E-state index in [1.807, 2.05) is 0 Å². The number of phenols is 1. The molecule has 27 heavy (non-hydrogen) atoms. The normalized spacial score (nSPS) is 32.5. The van der Waals surface area contributed by atoms with Crippen molar-refractivity contribution in [1.29, 1.82) is 0 Å². The summed E-state index contributed by atoms with van der Waals surface area (Å²) < 4.78 is 15.7. The minimum atomic E-state index is -1.51. The van der Waals surface area contributed by atoms with E-state index in [1.54, 1.807) is 13.0 Å². The highest BCUT2D eigenvalue weighted by Crippen LogP contribution is 2.37. The third-order valence-corrected chi connectivity index (χ3v) is 4.64. The number of aliphatic hydroxyl groups excluding tert-OH is 2. The molecular formula is C19H22O8. The van der Waals surface area contributed by atoms with Crippen molar-refractivity contribution in [2.75, 3.05) is 7.11 Å². The van der Waals surface area contributed by atoms with Crippen LogP contribution < -0.4 is 4.74 Å². The first-order valence-electron chi connectivity index (χ1n) is 8.65. The summed E-state index contributed by atoms with van der Waals surface area (Å²) in [4.78, 5) is 24.6. The molecule has 1 fully saturated rings. The summed E-state index contributed by atoms with van der Waals surface area (Å²) in [6.07, 6.45) is -1.33. The van der Waals surface area contributed by atoms with Gasteiger partial charge in [0.2, 0.25) is 0 Å². The number of aromatic hydroxyl groups is 1. The Morgan fingerprint density at radius 2 is 1.96 bits per heavy atom. The maximum Gasteiger partial charge on any atom is 0.342 e. The number of ether oxygens (including phenoxy) is 3. The fourth-order valence-electron chi connectivity index (χ4n) is 3.10. The van der Waals surface area contributed by atoms with E-state index in [0.717, 1.165) is 0 Å². The Bertz CT molecular complexity index is 771. The highest BCUT2D eigenvalue weighted by molar-refractivity contribution is 5.96. The minimum absolute atomic E-state index is 0.00568. The molecule has 1 saturated heterocycles. The Morgan fingerprint density at radius 1 is 1.22 bits per heavy atom. The lowest BCUT2D eigenvalue weighted by Crippen LogP contribution is -2.25. The first kappa shape index (κ1) is 19.3. The van der Waals surface area contributed by atoms with Gasteiger partial charge in [0.05, 0.1) is 19.3 Å². The van der Waals surface area contributed by atoms with Gasteiger partial charge in [0, 0.05) is 24.5 Å². The van der Waals surface area contributed by atoms with Crippen LogP contribution in [0.15, 0.2) is 24.3 Å². The molecule has 3 rings (SSSR count). The summed E-state index contributed by atoms with van der Waals surface area (Å²) in [5.41, 5.74) is -0.257. The van der Waals surface area contributed by atoms with Crippen molar-refractivity contribution in [3.05, 3.63) is 35.4 Å². The average Bonchev–Trinajstić information content (AvgIpc) is 3.38. The van der Waals surface area contributed by atoms with Crippen molar-refractivity contribution in [3.8, 4) is 11.5 Å². The van der Waals surface area contributed by atoms with Crippen LogP contribution in [0.1, 0.15) is 41.8 Å². The minimum Gasteiger partial charge on any atom is -0.507 e. The molecule has 0 bridgehead atoms. The first-order valence-corrected chi connectivity index (χ1v) is 8.65. The van der Waals surface area contributed by atoms with Crippen LogP contribution in [0.5, 0.6) is 11.5 Å². The highest BCUT2D eigenvalue weighted by Gasteiger charge is 2.45. The van der Waals surface area contributed by atoms with Gasteiger partial charge in [-0.2, -0.15) is 0 Å². The number of fused-ring (bicyclic) bond motifs is 2. The topological polar surface area (TPSA) is 126 Å². The lowest BCUT2D eigenvalue weighted by atomic mass is 9.94. The van der Waals surface area contributed by atoms with Gasteiger partial charge >= 0.3 is 5.97 Å². The van der Waals surface area contributed by atoms with Crippen LogP contribution >= 0.6 is 0 Å². The van der Waals surface area contributed by atoms with Crippen LogP contribution in [-0.4, -0.2) is 58.6 Å². The summed E-state index contributed by atoms with van der Waals surface area (Å²) >= 11 is 0. The Kier molecular flexibility index (Phi) is 5.50. The predicted octanol–water partition coefficient (Wildman–Crippen LogP) is 1.03. The van der Waals surface area contributed by atoms with Crippen molar-refractivity contribution in [3.63, 3.8) is 0 Å². The molecule has 146 valence electrons. The van der Waals surface area contributed by atoms with E-state index >= 15 is 0 Å². The van der Waals surface area contributed by atoms with E-state index < -0.39 is 42.2 Å². The quantitative estimate of drug-likeness (QED) is 0.489. The van der Waals surface area contributed by atoms with Crippen molar-refractivity contribution < 1.29 is 39.1 Å². The van der Waals surface area contributed by atoms with Crippen molar-refractivity contribution in [2.24, 2.45) is 0 Å². The van der Waals surface area contributed by atoms with E-state index in [4.69, 9.17) is 14.2 Å². The number of rotatable bonds is 1. The van der Waals surface area contributed by atoms with Crippen molar-refractivity contribution in [2.45, 2.75) is 50.3 Å². The molecule has 0 amide bonds. The summed E-state index contributed by atoms with van der Waals surface area (Å²) in [6.45, 7) is 1.64. The Balaban J connectivity index is 2.00. The summed E-state index contributed by atoms with van der Waals surface area (Å²) in [5, 5.41) is 31.2. The number of cyclic esters (lactones) is 1. The standard InChI is InChI=1S/C19H22O8/c1-9-4-3-5-12(20)18-15(27-18)8-14(22)17(23)11-6-10(25-2)7-13(21)16(11)19(24)26-9/h3,5-7,9,14-15,17-18,21-23H,4,8H2,1-2H3/b5-3+/t9-,14+,15-,17+,18-/m1/s1. The van der Waals surface area contributed by atoms with Gasteiger partial charge in [-0.25, -0.2) is 4.79 Å². The van der Waals surface area contributed by atoms with Gasteiger partial charge in [-0.1, -0.05) is 6.08 Å². The van der Waals surface area contributed by atoms with Gasteiger partial charge in [-0.3, -0.25) is 4.79 Å². The SMILES string of the molecule is COc1cc(O)c2c(c1)[C@H](O)[C@@H](O)C[C@H]1O[C@@H]1C(=O)/C=C/C[C@@H](C)OC2=O. The maximum absolute atomic E-state index is 12.6. The van der Waals surface area contributed by atoms with Crippen LogP contribution in [-0.2, 0) is 14.3 Å². The van der Waals surface area contributed by atoms with Crippen LogP contribution in [0, 0.1) is 0 Å². The van der Waals surface area contributed by atoms with E-state index in [9.17, 15) is 24.9 Å². The number of hydrogen-bond donors (Lipinski definition) is 3. The largest absolute Gasteiger partial charge is 0.507 e. The van der Waals surface area contributed by atoms with Crippen LogP contribution in [0.2, 0.25) is 0 Å². The zero-order valence-corrected chi connectivity index (χ0v) is 15.0. The molecule has 1 aromatic rings. The zero-order valence-electron chi connectivity index (χ0n) is 15.0. The van der Waals surface area contributed by atoms with Gasteiger partial charge in [-0.05, 0) is 19.1 Å². The number of epoxide rings is 1. The average molecular weight is 378 g/mol. The van der Waals surface area contributed by atoms with E-state index in [-0.39, 0.29) is 29.1 Å². The number of benzene rings is 1. The summed E-state index contributed by atoms with van der Waals surface area (Å²) in [7, 11) is 1.37. The number of ketones is 1. The van der Waals surface area contributed by atoms with Gasteiger partial charge in [0.15, 0.2) is 5.78 Å². The lowest BCUT2D eigenvalue weighted by molar-refractivity contribution is -0.115.